The van der Waals surface area contributed by atoms with E-state index in [0.717, 1.165) is 37.6 Å². The summed E-state index contributed by atoms with van der Waals surface area (Å²) in [5.41, 5.74) is 4.02. The van der Waals surface area contributed by atoms with Gasteiger partial charge in [-0.1, -0.05) is 54.9 Å². The summed E-state index contributed by atoms with van der Waals surface area (Å²) in [5.74, 6) is 0. The van der Waals surface area contributed by atoms with Gasteiger partial charge in [0.2, 0.25) is 0 Å². The van der Waals surface area contributed by atoms with Crippen molar-refractivity contribution >= 4 is 11.6 Å². The smallest absolute Gasteiger partial charge is 0.0602 e. The van der Waals surface area contributed by atoms with Crippen LogP contribution in [0.25, 0.3) is 0 Å². The molecule has 1 unspecified atom stereocenters. The van der Waals surface area contributed by atoms with Crippen molar-refractivity contribution in [3.63, 3.8) is 0 Å². The first kappa shape index (κ1) is 16.5. The van der Waals surface area contributed by atoms with Crippen LogP contribution in [0.5, 0.6) is 0 Å². The molecule has 3 rings (SSSR count). The maximum atomic E-state index is 6.26. The Balaban J connectivity index is 1.97. The van der Waals surface area contributed by atoms with Gasteiger partial charge in [-0.2, -0.15) is 0 Å². The van der Waals surface area contributed by atoms with E-state index in [1.54, 1.807) is 0 Å². The molecule has 1 fully saturated rings. The van der Waals surface area contributed by atoms with Gasteiger partial charge in [0, 0.05) is 24.7 Å². The molecule has 2 aromatic carbocycles. The zero-order chi connectivity index (χ0) is 16.1. The van der Waals surface area contributed by atoms with Crippen LogP contribution >= 0.6 is 11.6 Å². The van der Waals surface area contributed by atoms with E-state index in [9.17, 15) is 0 Å². The van der Waals surface area contributed by atoms with Gasteiger partial charge in [0.25, 0.3) is 0 Å². The predicted molar refractivity (Wildman–Crippen MR) is 98.2 cm³/mol. The van der Waals surface area contributed by atoms with Crippen molar-refractivity contribution in [2.45, 2.75) is 25.8 Å². The highest BCUT2D eigenvalue weighted by molar-refractivity contribution is 6.30. The van der Waals surface area contributed by atoms with Crippen molar-refractivity contribution in [1.29, 1.82) is 0 Å². The molecule has 2 aromatic rings. The molecule has 0 aliphatic carbocycles. The van der Waals surface area contributed by atoms with Crippen molar-refractivity contribution in [3.05, 3.63) is 70.2 Å². The fraction of sp³-hybridized carbons (Fsp3) is 0.400. The maximum absolute atomic E-state index is 6.26. The summed E-state index contributed by atoms with van der Waals surface area (Å²) in [7, 11) is 0. The van der Waals surface area contributed by atoms with Gasteiger partial charge in [-0.3, -0.25) is 4.90 Å². The molecule has 0 bridgehead atoms. The van der Waals surface area contributed by atoms with Crippen LogP contribution in [0.15, 0.2) is 48.5 Å². The third-order valence-electron chi connectivity index (χ3n) is 4.61. The lowest BCUT2D eigenvalue weighted by Gasteiger charge is -2.31. The lowest BCUT2D eigenvalue weighted by molar-refractivity contribution is 0.241. The Bertz CT molecular complexity index is 616. The molecule has 2 nitrogen and oxygen atoms in total. The Morgan fingerprint density at radius 3 is 2.61 bits per heavy atom. The minimum Gasteiger partial charge on any atom is -0.315 e. The van der Waals surface area contributed by atoms with E-state index in [-0.39, 0.29) is 6.04 Å². The normalized spacial score (nSPS) is 17.7. The third-order valence-corrected chi connectivity index (χ3v) is 4.84. The van der Waals surface area contributed by atoms with E-state index in [1.165, 1.54) is 23.1 Å². The molecule has 3 heteroatoms. The quantitative estimate of drug-likeness (QED) is 0.900. The number of nitrogens with one attached hydrogen (secondary N) is 1. The molecule has 0 saturated carbocycles. The van der Waals surface area contributed by atoms with Crippen LogP contribution in [0.3, 0.4) is 0 Å². The first-order chi connectivity index (χ1) is 11.3. The maximum Gasteiger partial charge on any atom is 0.0602 e. The highest BCUT2D eigenvalue weighted by Crippen LogP contribution is 2.30. The molecular weight excluding hydrogens is 304 g/mol. The van der Waals surface area contributed by atoms with Gasteiger partial charge in [-0.25, -0.2) is 0 Å². The van der Waals surface area contributed by atoms with Gasteiger partial charge in [-0.15, -0.1) is 0 Å². The Hall–Kier alpha value is -1.35. The fourth-order valence-electron chi connectivity index (χ4n) is 3.35. The largest absolute Gasteiger partial charge is 0.315 e. The van der Waals surface area contributed by atoms with Crippen molar-refractivity contribution in [2.24, 2.45) is 0 Å². The number of hydrogen-bond donors (Lipinski definition) is 1. The lowest BCUT2D eigenvalue weighted by Crippen LogP contribution is -2.33. The number of halogens is 1. The number of nitrogens with zero attached hydrogens (tertiary/aromatic N) is 1. The molecule has 1 aliphatic heterocycles. The molecule has 0 spiro atoms. The standard InChI is InChI=1S/C20H25ClN2/c1-2-16-7-9-17(10-8-16)20(18-5-3-6-19(21)15-18)23-13-4-11-22-12-14-23/h3,5-10,15,20,22H,2,4,11-14H2,1H3. The second-order valence-electron chi connectivity index (χ2n) is 6.19. The van der Waals surface area contributed by atoms with Crippen LogP contribution in [0.4, 0.5) is 0 Å². The van der Waals surface area contributed by atoms with Crippen molar-refractivity contribution in [3.8, 4) is 0 Å². The van der Waals surface area contributed by atoms with E-state index < -0.39 is 0 Å². The highest BCUT2D eigenvalue weighted by atomic mass is 35.5. The second-order valence-corrected chi connectivity index (χ2v) is 6.63. The Kier molecular flexibility index (Phi) is 5.71. The van der Waals surface area contributed by atoms with Gasteiger partial charge in [0.15, 0.2) is 0 Å². The van der Waals surface area contributed by atoms with E-state index in [4.69, 9.17) is 11.6 Å². The summed E-state index contributed by atoms with van der Waals surface area (Å²) in [6.45, 7) is 6.52. The number of hydrogen-bond acceptors (Lipinski definition) is 2. The van der Waals surface area contributed by atoms with Gasteiger partial charge >= 0.3 is 0 Å². The second kappa shape index (κ2) is 7.96. The first-order valence-corrected chi connectivity index (χ1v) is 8.95. The average molecular weight is 329 g/mol. The molecule has 0 amide bonds. The van der Waals surface area contributed by atoms with Crippen LogP contribution in [-0.4, -0.2) is 31.1 Å². The number of aryl methyl sites for hydroxylation is 1. The molecule has 122 valence electrons. The molecule has 1 atom stereocenters. The van der Waals surface area contributed by atoms with Gasteiger partial charge < -0.3 is 5.32 Å². The van der Waals surface area contributed by atoms with E-state index in [2.05, 4.69) is 59.6 Å². The SMILES string of the molecule is CCc1ccc(C(c2cccc(Cl)c2)N2CCCNCC2)cc1. The minimum atomic E-state index is 0.277. The number of rotatable bonds is 4. The molecule has 0 radical (unpaired) electrons. The topological polar surface area (TPSA) is 15.3 Å². The summed E-state index contributed by atoms with van der Waals surface area (Å²) in [6, 6.07) is 17.7. The Morgan fingerprint density at radius 2 is 1.87 bits per heavy atom. The average Bonchev–Trinajstić information content (AvgIpc) is 2.85. The number of benzene rings is 2. The van der Waals surface area contributed by atoms with Crippen LogP contribution < -0.4 is 5.32 Å². The van der Waals surface area contributed by atoms with Crippen LogP contribution in [0.2, 0.25) is 5.02 Å². The molecular formula is C20H25ClN2. The molecule has 1 saturated heterocycles. The third kappa shape index (κ3) is 4.14. The summed E-state index contributed by atoms with van der Waals surface area (Å²) in [4.78, 5) is 2.58. The minimum absolute atomic E-state index is 0.277. The molecule has 23 heavy (non-hydrogen) atoms. The van der Waals surface area contributed by atoms with Crippen molar-refractivity contribution in [2.75, 3.05) is 26.2 Å². The summed E-state index contributed by atoms with van der Waals surface area (Å²) >= 11 is 6.26. The first-order valence-electron chi connectivity index (χ1n) is 8.57. The predicted octanol–water partition coefficient (Wildman–Crippen LogP) is 4.29. The van der Waals surface area contributed by atoms with Crippen molar-refractivity contribution < 1.29 is 0 Å². The highest BCUT2D eigenvalue weighted by Gasteiger charge is 2.23. The van der Waals surface area contributed by atoms with E-state index in [0.29, 0.717) is 0 Å². The van der Waals surface area contributed by atoms with E-state index in [1.807, 2.05) is 6.07 Å². The van der Waals surface area contributed by atoms with Crippen LogP contribution in [0, 0.1) is 0 Å². The lowest BCUT2D eigenvalue weighted by atomic mass is 9.95. The summed E-state index contributed by atoms with van der Waals surface area (Å²) < 4.78 is 0. The Labute approximate surface area is 144 Å². The van der Waals surface area contributed by atoms with Gasteiger partial charge in [0.05, 0.1) is 6.04 Å². The molecule has 1 aliphatic rings. The molecule has 1 N–H and O–H groups in total. The molecule has 0 aromatic heterocycles. The summed E-state index contributed by atoms with van der Waals surface area (Å²) in [6.07, 6.45) is 2.26. The van der Waals surface area contributed by atoms with Gasteiger partial charge in [-0.05, 0) is 48.2 Å². The summed E-state index contributed by atoms with van der Waals surface area (Å²) in [5, 5.41) is 4.31. The van der Waals surface area contributed by atoms with Crippen LogP contribution in [0.1, 0.15) is 36.1 Å². The van der Waals surface area contributed by atoms with Crippen LogP contribution in [-0.2, 0) is 6.42 Å². The fourth-order valence-corrected chi connectivity index (χ4v) is 3.55. The van der Waals surface area contributed by atoms with E-state index >= 15 is 0 Å². The molecule has 1 heterocycles. The zero-order valence-corrected chi connectivity index (χ0v) is 14.5. The van der Waals surface area contributed by atoms with Gasteiger partial charge in [0.1, 0.15) is 0 Å². The monoisotopic (exact) mass is 328 g/mol. The van der Waals surface area contributed by atoms with Crippen molar-refractivity contribution in [1.82, 2.24) is 10.2 Å². The Morgan fingerprint density at radius 1 is 1.04 bits per heavy atom. The zero-order valence-electron chi connectivity index (χ0n) is 13.8.